The van der Waals surface area contributed by atoms with Crippen molar-refractivity contribution in [2.75, 3.05) is 0 Å². The number of hydrogen-bond acceptors (Lipinski definition) is 4. The van der Waals surface area contributed by atoms with Crippen LogP contribution in [-0.2, 0) is 0 Å². The Balaban J connectivity index is 0.000000491. The third kappa shape index (κ3) is 7.22. The highest BCUT2D eigenvalue weighted by molar-refractivity contribution is 7.18. The summed E-state index contributed by atoms with van der Waals surface area (Å²) in [5.41, 5.74) is 7.63. The van der Waals surface area contributed by atoms with Gasteiger partial charge in [0.1, 0.15) is 0 Å². The number of halogens is 1. The van der Waals surface area contributed by atoms with Crippen LogP contribution < -0.4 is 18.6 Å². The molecule has 6 heteroatoms. The van der Waals surface area contributed by atoms with Crippen molar-refractivity contribution in [3.05, 3.63) is 102 Å². The van der Waals surface area contributed by atoms with Gasteiger partial charge in [-0.05, 0) is 49.2 Å². The molecule has 0 saturated heterocycles. The van der Waals surface area contributed by atoms with E-state index in [1.807, 2.05) is 11.3 Å². The topological polar surface area (TPSA) is 92.2 Å². The number of rotatable bonds is 3. The van der Waals surface area contributed by atoms with E-state index in [2.05, 4.69) is 105 Å². The molecule has 0 amide bonds. The summed E-state index contributed by atoms with van der Waals surface area (Å²) in [5, 5.41) is 0. The first-order chi connectivity index (χ1) is 14.7. The second kappa shape index (κ2) is 10.1. The van der Waals surface area contributed by atoms with Crippen molar-refractivity contribution in [3.63, 3.8) is 0 Å². The summed E-state index contributed by atoms with van der Waals surface area (Å²) >= 11 is 1.85. The van der Waals surface area contributed by atoms with Gasteiger partial charge in [0.05, 0.1) is 0 Å². The number of benzene rings is 3. The van der Waals surface area contributed by atoms with E-state index in [1.54, 1.807) is 0 Å². The van der Waals surface area contributed by atoms with Gasteiger partial charge in [-0.3, -0.25) is 0 Å². The first-order valence-corrected chi connectivity index (χ1v) is 11.5. The monoisotopic (exact) mass is 452 g/mol. The van der Waals surface area contributed by atoms with E-state index >= 15 is 0 Å². The molecule has 0 radical (unpaired) electrons. The minimum Gasteiger partial charge on any atom is -0.222 e. The van der Waals surface area contributed by atoms with Crippen molar-refractivity contribution in [2.24, 2.45) is 0 Å². The Kier molecular flexibility index (Phi) is 7.51. The van der Waals surface area contributed by atoms with E-state index in [9.17, 15) is 0 Å². The molecule has 158 valence electrons. The predicted octanol–water partition coefficient (Wildman–Crippen LogP) is 2.89. The van der Waals surface area contributed by atoms with Crippen LogP contribution in [0.1, 0.15) is 11.1 Å². The van der Waals surface area contributed by atoms with Crippen LogP contribution in [0.4, 0.5) is 0 Å². The lowest BCUT2D eigenvalue weighted by atomic mass is 10.0. The molecule has 3 aromatic carbocycles. The van der Waals surface area contributed by atoms with Gasteiger partial charge < -0.3 is 0 Å². The Morgan fingerprint density at radius 1 is 0.516 bits per heavy atom. The molecular weight excluding hydrogens is 432 g/mol. The molecule has 4 nitrogen and oxygen atoms in total. The maximum atomic E-state index is 8.49. The summed E-state index contributed by atoms with van der Waals surface area (Å²) in [7, 11) is -4.94. The van der Waals surface area contributed by atoms with Gasteiger partial charge in [-0.1, -0.05) is 65.7 Å². The molecule has 31 heavy (non-hydrogen) atoms. The van der Waals surface area contributed by atoms with Crippen LogP contribution in [0.15, 0.2) is 91.0 Å². The molecule has 0 atom stereocenters. The van der Waals surface area contributed by atoms with Gasteiger partial charge in [0.15, 0.2) is 0 Å². The Labute approximate surface area is 188 Å². The molecule has 4 aromatic rings. The SMILES string of the molecule is Cc1ccc(-c2cc(-c3ccccc3)cc(-c3ccc(C)cc3)[s+]2)cc1.[O-][Cl+3]([O-])([O-])[O-]. The summed E-state index contributed by atoms with van der Waals surface area (Å²) in [6.45, 7) is 4.26. The average Bonchev–Trinajstić information content (AvgIpc) is 2.74. The maximum Gasteiger partial charge on any atom is 0.239 e. The zero-order chi connectivity index (χ0) is 22.4. The Bertz CT molecular complexity index is 1050. The van der Waals surface area contributed by atoms with Crippen LogP contribution in [0.5, 0.6) is 0 Å². The van der Waals surface area contributed by atoms with Crippen LogP contribution in [-0.4, -0.2) is 0 Å². The summed E-state index contributed by atoms with van der Waals surface area (Å²) in [4.78, 5) is 2.59. The van der Waals surface area contributed by atoms with E-state index in [-0.39, 0.29) is 0 Å². The van der Waals surface area contributed by atoms with Gasteiger partial charge in [-0.25, -0.2) is 18.6 Å². The van der Waals surface area contributed by atoms with Crippen molar-refractivity contribution in [3.8, 4) is 32.0 Å². The summed E-state index contributed by atoms with van der Waals surface area (Å²) in [6.07, 6.45) is 0. The zero-order valence-corrected chi connectivity index (χ0v) is 18.7. The smallest absolute Gasteiger partial charge is 0.222 e. The first kappa shape index (κ1) is 23.0. The third-order valence-electron chi connectivity index (χ3n) is 4.57. The lowest BCUT2D eigenvalue weighted by Crippen LogP contribution is -2.68. The van der Waals surface area contributed by atoms with E-state index in [1.165, 1.54) is 43.1 Å². The van der Waals surface area contributed by atoms with Gasteiger partial charge in [-0.15, -0.1) is 10.2 Å². The fourth-order valence-corrected chi connectivity index (χ4v) is 4.14. The lowest BCUT2D eigenvalue weighted by molar-refractivity contribution is -2.00. The van der Waals surface area contributed by atoms with Crippen LogP contribution >= 0.6 is 11.3 Å². The van der Waals surface area contributed by atoms with E-state index in [0.29, 0.717) is 0 Å². The highest BCUT2D eigenvalue weighted by atomic mass is 35.7. The van der Waals surface area contributed by atoms with E-state index in [4.69, 9.17) is 18.6 Å². The van der Waals surface area contributed by atoms with Gasteiger partial charge in [0, 0.05) is 23.3 Å². The standard InChI is InChI=1S/C25H21S.ClHO4/c1-18-8-12-21(13-9-18)24-16-23(20-6-4-3-5-7-20)17-25(26-24)22-14-10-19(2)11-15-22;2-1(3,4)5/h3-17H,1-2H3;(H,2,3,4,5)/q+1;/p-1. The second-order valence-electron chi connectivity index (χ2n) is 7.05. The van der Waals surface area contributed by atoms with Crippen LogP contribution in [0.2, 0.25) is 0 Å². The van der Waals surface area contributed by atoms with Crippen molar-refractivity contribution in [1.82, 2.24) is 0 Å². The Morgan fingerprint density at radius 3 is 1.29 bits per heavy atom. The van der Waals surface area contributed by atoms with Gasteiger partial charge in [-0.2, -0.15) is 0 Å². The van der Waals surface area contributed by atoms with Crippen LogP contribution in [0, 0.1) is 24.1 Å². The highest BCUT2D eigenvalue weighted by Gasteiger charge is 2.19. The Hall–Kier alpha value is -2.64. The molecule has 0 aliphatic carbocycles. The summed E-state index contributed by atoms with van der Waals surface area (Å²) in [5.74, 6) is 0. The number of aryl methyl sites for hydroxylation is 2. The minimum atomic E-state index is -4.94. The third-order valence-corrected chi connectivity index (χ3v) is 5.72. The molecule has 0 spiro atoms. The van der Waals surface area contributed by atoms with Crippen molar-refractivity contribution in [2.45, 2.75) is 13.8 Å². The quantitative estimate of drug-likeness (QED) is 0.447. The molecule has 0 fully saturated rings. The Morgan fingerprint density at radius 2 is 0.903 bits per heavy atom. The molecule has 4 rings (SSSR count). The molecule has 1 aromatic heterocycles. The number of hydrogen-bond donors (Lipinski definition) is 0. The summed E-state index contributed by atoms with van der Waals surface area (Å²) < 4.78 is 34.0. The highest BCUT2D eigenvalue weighted by Crippen LogP contribution is 2.37. The molecule has 0 saturated carbocycles. The van der Waals surface area contributed by atoms with E-state index in [0.717, 1.165) is 0 Å². The normalized spacial score (nSPS) is 10.9. The largest absolute Gasteiger partial charge is 0.239 e. The van der Waals surface area contributed by atoms with Crippen molar-refractivity contribution < 1.29 is 28.9 Å². The molecular formula is C25H21ClO4S. The molecule has 0 aliphatic rings. The fraction of sp³-hybridized carbons (Fsp3) is 0.0800. The van der Waals surface area contributed by atoms with Crippen LogP contribution in [0.3, 0.4) is 0 Å². The molecule has 0 unspecified atom stereocenters. The predicted molar refractivity (Wildman–Crippen MR) is 115 cm³/mol. The van der Waals surface area contributed by atoms with Gasteiger partial charge >= 0.3 is 0 Å². The van der Waals surface area contributed by atoms with E-state index < -0.39 is 10.2 Å². The second-order valence-corrected chi connectivity index (χ2v) is 8.89. The molecule has 0 aliphatic heterocycles. The maximum absolute atomic E-state index is 8.49. The van der Waals surface area contributed by atoms with Crippen LogP contribution in [0.25, 0.3) is 32.0 Å². The lowest BCUT2D eigenvalue weighted by Gasteiger charge is -2.17. The van der Waals surface area contributed by atoms with Crippen molar-refractivity contribution in [1.29, 1.82) is 0 Å². The van der Waals surface area contributed by atoms with Gasteiger partial charge in [0.2, 0.25) is 21.1 Å². The molecule has 0 N–H and O–H groups in total. The minimum absolute atomic E-state index is 1.25. The van der Waals surface area contributed by atoms with Gasteiger partial charge in [0.25, 0.3) is 0 Å². The first-order valence-electron chi connectivity index (χ1n) is 9.48. The van der Waals surface area contributed by atoms with Crippen molar-refractivity contribution >= 4 is 11.3 Å². The zero-order valence-electron chi connectivity index (χ0n) is 17.1. The molecule has 0 bridgehead atoms. The summed E-state index contributed by atoms with van der Waals surface area (Å²) in [6, 6.07) is 32.8. The molecule has 1 heterocycles. The average molecular weight is 453 g/mol. The fourth-order valence-electron chi connectivity index (χ4n) is 3.02.